The molecule has 144 valence electrons. The van der Waals surface area contributed by atoms with Crippen LogP contribution in [0.4, 0.5) is 5.82 Å². The van der Waals surface area contributed by atoms with E-state index in [9.17, 15) is 10.1 Å². The van der Waals surface area contributed by atoms with Crippen LogP contribution >= 0.6 is 0 Å². The molecule has 8 heteroatoms. The van der Waals surface area contributed by atoms with Gasteiger partial charge in [0.1, 0.15) is 12.7 Å². The summed E-state index contributed by atoms with van der Waals surface area (Å²) in [5, 5.41) is 12.2. The highest BCUT2D eigenvalue weighted by Crippen LogP contribution is 2.31. The van der Waals surface area contributed by atoms with Crippen molar-refractivity contribution in [3.63, 3.8) is 0 Å². The van der Waals surface area contributed by atoms with Gasteiger partial charge in [0.15, 0.2) is 23.0 Å². The zero-order chi connectivity index (χ0) is 19.3. The molecule has 0 radical (unpaired) electrons. The molecule has 1 unspecified atom stereocenters. The summed E-state index contributed by atoms with van der Waals surface area (Å²) in [6.45, 7) is 2.37. The maximum Gasteiger partial charge on any atom is 0.264 e. The van der Waals surface area contributed by atoms with Crippen LogP contribution in [0.15, 0.2) is 36.7 Å². The Bertz CT molecular complexity index is 889. The van der Waals surface area contributed by atoms with Crippen LogP contribution in [0.3, 0.4) is 0 Å². The van der Waals surface area contributed by atoms with Gasteiger partial charge in [-0.15, -0.1) is 0 Å². The number of hydrogen-bond acceptors (Lipinski definition) is 7. The van der Waals surface area contributed by atoms with E-state index >= 15 is 0 Å². The van der Waals surface area contributed by atoms with E-state index in [0.29, 0.717) is 35.5 Å². The molecule has 0 spiro atoms. The number of piperidine rings is 1. The fourth-order valence-corrected chi connectivity index (χ4v) is 3.50. The second kappa shape index (κ2) is 8.13. The maximum absolute atomic E-state index is 12.4. The highest BCUT2D eigenvalue weighted by Gasteiger charge is 2.28. The Morgan fingerprint density at radius 3 is 2.75 bits per heavy atom. The van der Waals surface area contributed by atoms with E-state index in [1.807, 2.05) is 18.2 Å². The second-order valence-corrected chi connectivity index (χ2v) is 6.88. The van der Waals surface area contributed by atoms with Crippen LogP contribution in [0.1, 0.15) is 18.5 Å². The van der Waals surface area contributed by atoms with Crippen molar-refractivity contribution in [2.24, 2.45) is 5.92 Å². The third-order valence-electron chi connectivity index (χ3n) is 5.06. The number of fused-ring (bicyclic) bond motifs is 1. The van der Waals surface area contributed by atoms with Crippen molar-refractivity contribution in [1.29, 1.82) is 5.26 Å². The molecule has 1 aromatic carbocycles. The van der Waals surface area contributed by atoms with Gasteiger partial charge >= 0.3 is 0 Å². The standard InChI is InChI=1S/C20H21N5O3/c21-11-15-19(23-8-7-22-15)25-9-5-14(6-10-25)12-24-20(26)18-13-27-16-3-1-2-4-17(16)28-18/h1-4,7-8,14,18H,5-6,9-10,12-13H2,(H,24,26). The lowest BCUT2D eigenvalue weighted by Gasteiger charge is -2.33. The molecule has 1 amide bonds. The third-order valence-corrected chi connectivity index (χ3v) is 5.06. The summed E-state index contributed by atoms with van der Waals surface area (Å²) >= 11 is 0. The fraction of sp³-hybridized carbons (Fsp3) is 0.400. The first kappa shape index (κ1) is 18.0. The Labute approximate surface area is 163 Å². The molecule has 3 heterocycles. The lowest BCUT2D eigenvalue weighted by Crippen LogP contribution is -2.46. The quantitative estimate of drug-likeness (QED) is 0.859. The average molecular weight is 379 g/mol. The van der Waals surface area contributed by atoms with E-state index in [2.05, 4.69) is 26.3 Å². The van der Waals surface area contributed by atoms with Crippen molar-refractivity contribution in [2.45, 2.75) is 18.9 Å². The molecule has 1 fully saturated rings. The largest absolute Gasteiger partial charge is 0.485 e. The number of benzene rings is 1. The number of nitrogens with zero attached hydrogens (tertiary/aromatic N) is 4. The summed E-state index contributed by atoms with van der Waals surface area (Å²) in [4.78, 5) is 22.9. The second-order valence-electron chi connectivity index (χ2n) is 6.88. The third kappa shape index (κ3) is 3.83. The van der Waals surface area contributed by atoms with Crippen LogP contribution in [-0.4, -0.2) is 48.2 Å². The predicted octanol–water partition coefficient (Wildman–Crippen LogP) is 1.52. The molecule has 4 rings (SSSR count). The number of para-hydroxylation sites is 2. The number of nitrogens with one attached hydrogen (secondary N) is 1. The molecule has 0 bridgehead atoms. The minimum atomic E-state index is -0.632. The Kier molecular flexibility index (Phi) is 5.24. The number of carbonyl (C=O) groups excluding carboxylic acids is 1. The topological polar surface area (TPSA) is 100 Å². The van der Waals surface area contributed by atoms with E-state index in [1.165, 1.54) is 6.20 Å². The molecule has 28 heavy (non-hydrogen) atoms. The zero-order valence-corrected chi connectivity index (χ0v) is 15.4. The summed E-state index contributed by atoms with van der Waals surface area (Å²) in [7, 11) is 0. The van der Waals surface area contributed by atoms with Crippen LogP contribution < -0.4 is 19.7 Å². The Morgan fingerprint density at radius 1 is 1.21 bits per heavy atom. The summed E-state index contributed by atoms with van der Waals surface area (Å²) in [5.74, 6) is 2.12. The van der Waals surface area contributed by atoms with Crippen molar-refractivity contribution >= 4 is 11.7 Å². The molecule has 0 aliphatic carbocycles. The van der Waals surface area contributed by atoms with E-state index in [1.54, 1.807) is 12.3 Å². The monoisotopic (exact) mass is 379 g/mol. The van der Waals surface area contributed by atoms with E-state index in [-0.39, 0.29) is 12.5 Å². The SMILES string of the molecule is N#Cc1nccnc1N1CCC(CNC(=O)C2COc3ccccc3O2)CC1. The number of amides is 1. The molecular formula is C20H21N5O3. The van der Waals surface area contributed by atoms with Gasteiger partial charge in [0, 0.05) is 32.0 Å². The predicted molar refractivity (Wildman–Crippen MR) is 101 cm³/mol. The van der Waals surface area contributed by atoms with Gasteiger partial charge in [-0.05, 0) is 30.9 Å². The van der Waals surface area contributed by atoms with Crippen LogP contribution in [0.2, 0.25) is 0 Å². The number of ether oxygens (including phenoxy) is 2. The first-order chi connectivity index (χ1) is 13.7. The van der Waals surface area contributed by atoms with Gasteiger partial charge in [0.05, 0.1) is 0 Å². The first-order valence-corrected chi connectivity index (χ1v) is 9.37. The Morgan fingerprint density at radius 2 is 1.96 bits per heavy atom. The summed E-state index contributed by atoms with van der Waals surface area (Å²) < 4.78 is 11.3. The van der Waals surface area contributed by atoms with Crippen molar-refractivity contribution < 1.29 is 14.3 Å². The van der Waals surface area contributed by atoms with Crippen molar-refractivity contribution in [3.8, 4) is 17.6 Å². The first-order valence-electron chi connectivity index (χ1n) is 9.37. The van der Waals surface area contributed by atoms with Crippen molar-refractivity contribution in [1.82, 2.24) is 15.3 Å². The highest BCUT2D eigenvalue weighted by molar-refractivity contribution is 5.81. The average Bonchev–Trinajstić information content (AvgIpc) is 2.77. The summed E-state index contributed by atoms with van der Waals surface area (Å²) in [5.41, 5.74) is 0.351. The smallest absolute Gasteiger partial charge is 0.264 e. The van der Waals surface area contributed by atoms with E-state index in [4.69, 9.17) is 9.47 Å². The number of anilines is 1. The number of nitriles is 1. The molecule has 1 aromatic heterocycles. The van der Waals surface area contributed by atoms with Crippen LogP contribution in [0.5, 0.6) is 11.5 Å². The molecule has 1 N–H and O–H groups in total. The normalized spacial score (nSPS) is 19.0. The van der Waals surface area contributed by atoms with Crippen LogP contribution in [0, 0.1) is 17.2 Å². The van der Waals surface area contributed by atoms with Crippen LogP contribution in [-0.2, 0) is 4.79 Å². The Balaban J connectivity index is 1.26. The zero-order valence-electron chi connectivity index (χ0n) is 15.4. The van der Waals surface area contributed by atoms with Crippen LogP contribution in [0.25, 0.3) is 0 Å². The molecule has 1 atom stereocenters. The molecule has 2 aromatic rings. The van der Waals surface area contributed by atoms with E-state index in [0.717, 1.165) is 25.9 Å². The summed E-state index contributed by atoms with van der Waals surface area (Å²) in [6, 6.07) is 9.44. The summed E-state index contributed by atoms with van der Waals surface area (Å²) in [6.07, 6.45) is 4.32. The van der Waals surface area contributed by atoms with Gasteiger partial charge in [0.2, 0.25) is 6.10 Å². The molecular weight excluding hydrogens is 358 g/mol. The fourth-order valence-electron chi connectivity index (χ4n) is 3.50. The van der Waals surface area contributed by atoms with Gasteiger partial charge < -0.3 is 19.7 Å². The van der Waals surface area contributed by atoms with Gasteiger partial charge in [-0.3, -0.25) is 4.79 Å². The molecule has 1 saturated heterocycles. The number of hydrogen-bond donors (Lipinski definition) is 1. The molecule has 2 aliphatic heterocycles. The highest BCUT2D eigenvalue weighted by atomic mass is 16.6. The molecule has 2 aliphatic rings. The molecule has 0 saturated carbocycles. The van der Waals surface area contributed by atoms with Crippen molar-refractivity contribution in [3.05, 3.63) is 42.4 Å². The minimum absolute atomic E-state index is 0.155. The Hall–Kier alpha value is -3.34. The van der Waals surface area contributed by atoms with E-state index < -0.39 is 6.10 Å². The lowest BCUT2D eigenvalue weighted by atomic mass is 9.96. The van der Waals surface area contributed by atoms with Gasteiger partial charge in [-0.25, -0.2) is 9.97 Å². The van der Waals surface area contributed by atoms with Crippen molar-refractivity contribution in [2.75, 3.05) is 31.1 Å². The molecule has 8 nitrogen and oxygen atoms in total. The lowest BCUT2D eigenvalue weighted by molar-refractivity contribution is -0.130. The number of aromatic nitrogens is 2. The van der Waals surface area contributed by atoms with Gasteiger partial charge in [0.25, 0.3) is 5.91 Å². The maximum atomic E-state index is 12.4. The minimum Gasteiger partial charge on any atom is -0.485 e. The van der Waals surface area contributed by atoms with Gasteiger partial charge in [-0.2, -0.15) is 5.26 Å². The van der Waals surface area contributed by atoms with Gasteiger partial charge in [-0.1, -0.05) is 12.1 Å². The number of rotatable bonds is 4. The number of carbonyl (C=O) groups is 1.